The second-order valence-electron chi connectivity index (χ2n) is 6.54. The van der Waals surface area contributed by atoms with Crippen LogP contribution < -0.4 is 10.5 Å². The summed E-state index contributed by atoms with van der Waals surface area (Å²) >= 11 is 0. The summed E-state index contributed by atoms with van der Waals surface area (Å²) in [5.41, 5.74) is -1.08. The molecule has 7 nitrogen and oxygen atoms in total. The van der Waals surface area contributed by atoms with E-state index < -0.39 is 11.7 Å². The van der Waals surface area contributed by atoms with Gasteiger partial charge in [0.05, 0.1) is 18.2 Å². The lowest BCUT2D eigenvalue weighted by molar-refractivity contribution is -0.137. The van der Waals surface area contributed by atoms with E-state index in [2.05, 4.69) is 15.1 Å². The second-order valence-corrected chi connectivity index (χ2v) is 6.54. The van der Waals surface area contributed by atoms with Crippen molar-refractivity contribution in [3.8, 4) is 5.82 Å². The third-order valence-corrected chi connectivity index (χ3v) is 4.75. The van der Waals surface area contributed by atoms with Crippen LogP contribution in [0.25, 0.3) is 5.82 Å². The Hall–Kier alpha value is -3.17. The lowest BCUT2D eigenvalue weighted by Crippen LogP contribution is -2.38. The van der Waals surface area contributed by atoms with Gasteiger partial charge in [-0.15, -0.1) is 0 Å². The van der Waals surface area contributed by atoms with Gasteiger partial charge in [0.1, 0.15) is 12.1 Å². The molecule has 146 valence electrons. The van der Waals surface area contributed by atoms with Crippen molar-refractivity contribution in [2.24, 2.45) is 0 Å². The number of hydrogen-bond donors (Lipinski definition) is 0. The molecule has 1 atom stereocenters. The lowest BCUT2D eigenvalue weighted by atomic mass is 10.2. The highest BCUT2D eigenvalue weighted by Gasteiger charge is 2.38. The number of nitrogens with zero attached hydrogens (tertiary/aromatic N) is 6. The molecule has 10 heteroatoms. The zero-order valence-corrected chi connectivity index (χ0v) is 14.8. The van der Waals surface area contributed by atoms with Gasteiger partial charge in [-0.05, 0) is 31.0 Å². The molecule has 0 saturated carbocycles. The first kappa shape index (κ1) is 18.2. The normalized spacial score (nSPS) is 17.2. The molecule has 0 aromatic carbocycles. The third-order valence-electron chi connectivity index (χ3n) is 4.75. The average molecular weight is 390 g/mol. The van der Waals surface area contributed by atoms with E-state index in [1.165, 1.54) is 23.0 Å². The Labute approximate surface area is 158 Å². The molecule has 28 heavy (non-hydrogen) atoms. The van der Waals surface area contributed by atoms with Crippen molar-refractivity contribution < 1.29 is 13.2 Å². The van der Waals surface area contributed by atoms with Gasteiger partial charge in [-0.3, -0.25) is 9.36 Å². The molecule has 1 aliphatic heterocycles. The summed E-state index contributed by atoms with van der Waals surface area (Å²) in [6.07, 6.45) is 3.07. The topological polar surface area (TPSA) is 68.8 Å². The van der Waals surface area contributed by atoms with Gasteiger partial charge in [0.2, 0.25) is 0 Å². The maximum absolute atomic E-state index is 13.4. The molecule has 4 heterocycles. The van der Waals surface area contributed by atoms with E-state index in [9.17, 15) is 18.0 Å². The van der Waals surface area contributed by atoms with Gasteiger partial charge in [-0.25, -0.2) is 14.6 Å². The van der Waals surface area contributed by atoms with Crippen molar-refractivity contribution in [3.05, 3.63) is 65.1 Å². The number of pyridine rings is 1. The predicted octanol–water partition coefficient (Wildman–Crippen LogP) is 2.51. The third kappa shape index (κ3) is 3.49. The smallest absolute Gasteiger partial charge is 0.351 e. The Morgan fingerprint density at radius 3 is 2.79 bits per heavy atom. The first-order chi connectivity index (χ1) is 13.4. The molecule has 0 amide bonds. The van der Waals surface area contributed by atoms with Crippen LogP contribution >= 0.6 is 0 Å². The van der Waals surface area contributed by atoms with Crippen LogP contribution in [0.3, 0.4) is 0 Å². The number of imidazole rings is 1. The minimum Gasteiger partial charge on any atom is -0.351 e. The number of hydrogen-bond acceptors (Lipinski definition) is 5. The molecule has 1 fully saturated rings. The number of aromatic nitrogens is 5. The molecular weight excluding hydrogens is 373 g/mol. The Bertz CT molecular complexity index is 1010. The number of alkyl halides is 3. The van der Waals surface area contributed by atoms with Crippen LogP contribution in [-0.2, 0) is 12.7 Å². The van der Waals surface area contributed by atoms with Gasteiger partial charge in [0, 0.05) is 31.2 Å². The largest absolute Gasteiger partial charge is 0.419 e. The molecule has 0 N–H and O–H groups in total. The minimum absolute atomic E-state index is 0.101. The van der Waals surface area contributed by atoms with E-state index >= 15 is 0 Å². The van der Waals surface area contributed by atoms with Crippen LogP contribution in [0.1, 0.15) is 18.4 Å². The molecule has 0 bridgehead atoms. The van der Waals surface area contributed by atoms with Gasteiger partial charge in [-0.1, -0.05) is 0 Å². The van der Waals surface area contributed by atoms with Crippen molar-refractivity contribution in [3.63, 3.8) is 0 Å². The maximum Gasteiger partial charge on any atom is 0.419 e. The zero-order valence-electron chi connectivity index (χ0n) is 14.8. The summed E-state index contributed by atoms with van der Waals surface area (Å²) in [7, 11) is 0. The van der Waals surface area contributed by atoms with Crippen LogP contribution in [-0.4, -0.2) is 36.9 Å². The molecule has 1 unspecified atom stereocenters. The monoisotopic (exact) mass is 390 g/mol. The van der Waals surface area contributed by atoms with Crippen LogP contribution in [0.2, 0.25) is 0 Å². The van der Waals surface area contributed by atoms with Crippen LogP contribution in [0.5, 0.6) is 0 Å². The standard InChI is InChI=1S/C18H17F3N6O/c19-18(20,21)14-4-1-7-23-17(14)26-9-2-3-13(26)11-27-16(28)6-5-15(24-27)25-10-8-22-12-25/h1,4-8,10,12-13H,2-3,9,11H2. The van der Waals surface area contributed by atoms with Gasteiger partial charge in [0.15, 0.2) is 5.82 Å². The van der Waals surface area contributed by atoms with Crippen molar-refractivity contribution in [2.45, 2.75) is 31.6 Å². The van der Waals surface area contributed by atoms with E-state index in [4.69, 9.17) is 0 Å². The van der Waals surface area contributed by atoms with Gasteiger partial charge in [-0.2, -0.15) is 18.3 Å². The highest BCUT2D eigenvalue weighted by molar-refractivity contribution is 5.50. The van der Waals surface area contributed by atoms with Crippen molar-refractivity contribution in [1.29, 1.82) is 0 Å². The van der Waals surface area contributed by atoms with Crippen LogP contribution in [0, 0.1) is 0 Å². The fourth-order valence-corrected chi connectivity index (χ4v) is 3.45. The summed E-state index contributed by atoms with van der Waals surface area (Å²) in [5.74, 6) is 0.409. The maximum atomic E-state index is 13.4. The Morgan fingerprint density at radius 1 is 1.18 bits per heavy atom. The molecule has 0 spiro atoms. The van der Waals surface area contributed by atoms with Gasteiger partial charge >= 0.3 is 6.18 Å². The Kier molecular flexibility index (Phi) is 4.62. The Balaban J connectivity index is 1.64. The first-order valence-electron chi connectivity index (χ1n) is 8.79. The van der Waals surface area contributed by atoms with Crippen molar-refractivity contribution in [2.75, 3.05) is 11.4 Å². The van der Waals surface area contributed by atoms with E-state index in [-0.39, 0.29) is 24.0 Å². The van der Waals surface area contributed by atoms with Crippen molar-refractivity contribution >= 4 is 5.82 Å². The van der Waals surface area contributed by atoms with Crippen LogP contribution in [0.15, 0.2) is 54.0 Å². The second kappa shape index (κ2) is 7.10. The lowest BCUT2D eigenvalue weighted by Gasteiger charge is -2.28. The summed E-state index contributed by atoms with van der Waals surface area (Å²) in [6, 6.07) is 4.97. The van der Waals surface area contributed by atoms with Crippen molar-refractivity contribution in [1.82, 2.24) is 24.3 Å². The van der Waals surface area contributed by atoms with Gasteiger partial charge in [0.25, 0.3) is 5.56 Å². The number of anilines is 1. The van der Waals surface area contributed by atoms with E-state index in [0.717, 1.165) is 6.07 Å². The predicted molar refractivity (Wildman–Crippen MR) is 95.2 cm³/mol. The van der Waals surface area contributed by atoms with Crippen LogP contribution in [0.4, 0.5) is 19.0 Å². The quantitative estimate of drug-likeness (QED) is 0.685. The number of halogens is 3. The van der Waals surface area contributed by atoms with E-state index in [1.54, 1.807) is 34.3 Å². The molecule has 1 saturated heterocycles. The highest BCUT2D eigenvalue weighted by atomic mass is 19.4. The molecule has 0 aliphatic carbocycles. The molecule has 3 aromatic heterocycles. The summed E-state index contributed by atoms with van der Waals surface area (Å²) in [6.45, 7) is 0.621. The van der Waals surface area contributed by atoms with Gasteiger partial charge < -0.3 is 4.90 Å². The molecule has 4 rings (SSSR count). The van der Waals surface area contributed by atoms with E-state index in [0.29, 0.717) is 25.2 Å². The summed E-state index contributed by atoms with van der Waals surface area (Å²) in [4.78, 5) is 21.8. The molecule has 0 radical (unpaired) electrons. The van der Waals surface area contributed by atoms with E-state index in [1.807, 2.05) is 0 Å². The molecular formula is C18H17F3N6O. The zero-order chi connectivity index (χ0) is 19.7. The summed E-state index contributed by atoms with van der Waals surface area (Å²) < 4.78 is 43.1. The molecule has 3 aromatic rings. The summed E-state index contributed by atoms with van der Waals surface area (Å²) in [5, 5.41) is 4.34. The highest BCUT2D eigenvalue weighted by Crippen LogP contribution is 2.37. The fourth-order valence-electron chi connectivity index (χ4n) is 3.45. The average Bonchev–Trinajstić information content (AvgIpc) is 3.35. The number of rotatable bonds is 4. The Morgan fingerprint density at radius 2 is 2.04 bits per heavy atom. The first-order valence-corrected chi connectivity index (χ1v) is 8.79. The fraction of sp³-hybridized carbons (Fsp3) is 0.333. The molecule has 1 aliphatic rings. The SMILES string of the molecule is O=c1ccc(-n2ccnc2)nn1CC1CCCN1c1ncccc1C(F)(F)F. The minimum atomic E-state index is -4.49.